The number of amides is 1. The Morgan fingerprint density at radius 1 is 1.35 bits per heavy atom. The highest BCUT2D eigenvalue weighted by molar-refractivity contribution is 5.99. The van der Waals surface area contributed by atoms with E-state index in [1.807, 2.05) is 20.8 Å². The van der Waals surface area contributed by atoms with Crippen LogP contribution in [-0.4, -0.2) is 25.0 Å². The van der Waals surface area contributed by atoms with Crippen LogP contribution in [0.5, 0.6) is 0 Å². The van der Waals surface area contributed by atoms with Gasteiger partial charge in [-0.1, -0.05) is 6.92 Å². The van der Waals surface area contributed by atoms with Crippen molar-refractivity contribution in [3.63, 3.8) is 0 Å². The van der Waals surface area contributed by atoms with Gasteiger partial charge in [-0.15, -0.1) is 0 Å². The van der Waals surface area contributed by atoms with E-state index in [2.05, 4.69) is 5.32 Å². The van der Waals surface area contributed by atoms with Crippen LogP contribution in [0, 0.1) is 5.82 Å². The summed E-state index contributed by atoms with van der Waals surface area (Å²) in [5, 5.41) is 3.12. The SMILES string of the molecule is CCNC(C)(C)C(=O)N(C)c1ccc(F)cc1. The number of halogens is 1. The Morgan fingerprint density at radius 3 is 2.35 bits per heavy atom. The number of nitrogens with one attached hydrogen (secondary N) is 1. The van der Waals surface area contributed by atoms with Gasteiger partial charge in [0.25, 0.3) is 0 Å². The van der Waals surface area contributed by atoms with Gasteiger partial charge in [0.15, 0.2) is 0 Å². The maximum Gasteiger partial charge on any atom is 0.246 e. The van der Waals surface area contributed by atoms with Crippen molar-refractivity contribution >= 4 is 11.6 Å². The number of hydrogen-bond acceptors (Lipinski definition) is 2. The molecule has 0 aliphatic heterocycles. The second-order valence-electron chi connectivity index (χ2n) is 4.50. The molecular weight excluding hydrogens is 219 g/mol. The fraction of sp³-hybridized carbons (Fsp3) is 0.462. The predicted molar refractivity (Wildman–Crippen MR) is 67.6 cm³/mol. The van der Waals surface area contributed by atoms with E-state index in [4.69, 9.17) is 0 Å². The number of carbonyl (C=O) groups is 1. The first-order valence-corrected chi connectivity index (χ1v) is 5.67. The molecule has 0 heterocycles. The van der Waals surface area contributed by atoms with Crippen LogP contribution in [0.15, 0.2) is 24.3 Å². The monoisotopic (exact) mass is 238 g/mol. The van der Waals surface area contributed by atoms with Gasteiger partial charge in [0.2, 0.25) is 5.91 Å². The summed E-state index contributed by atoms with van der Waals surface area (Å²) < 4.78 is 12.8. The van der Waals surface area contributed by atoms with Crippen LogP contribution >= 0.6 is 0 Å². The Kier molecular flexibility index (Phi) is 4.23. The number of likely N-dealkylation sites (N-methyl/N-ethyl adjacent to an activating group) is 2. The molecule has 0 unspecified atom stereocenters. The van der Waals surface area contributed by atoms with Crippen molar-refractivity contribution in [1.82, 2.24) is 5.32 Å². The molecule has 1 aromatic rings. The molecule has 0 spiro atoms. The summed E-state index contributed by atoms with van der Waals surface area (Å²) in [6.45, 7) is 6.33. The summed E-state index contributed by atoms with van der Waals surface area (Å²) in [7, 11) is 1.69. The minimum absolute atomic E-state index is 0.0500. The van der Waals surface area contributed by atoms with Crippen LogP contribution in [0.2, 0.25) is 0 Å². The van der Waals surface area contributed by atoms with Gasteiger partial charge in [-0.2, -0.15) is 0 Å². The maximum absolute atomic E-state index is 12.8. The summed E-state index contributed by atoms with van der Waals surface area (Å²) in [6.07, 6.45) is 0. The largest absolute Gasteiger partial charge is 0.314 e. The molecule has 94 valence electrons. The minimum atomic E-state index is -0.627. The molecule has 1 amide bonds. The average Bonchev–Trinajstić information content (AvgIpc) is 2.28. The van der Waals surface area contributed by atoms with Crippen LogP contribution in [-0.2, 0) is 4.79 Å². The molecule has 1 N–H and O–H groups in total. The van der Waals surface area contributed by atoms with E-state index < -0.39 is 5.54 Å². The Labute approximate surface area is 102 Å². The van der Waals surface area contributed by atoms with E-state index in [0.29, 0.717) is 5.69 Å². The van der Waals surface area contributed by atoms with Gasteiger partial charge in [0, 0.05) is 12.7 Å². The molecule has 17 heavy (non-hydrogen) atoms. The Balaban J connectivity index is 2.86. The zero-order chi connectivity index (χ0) is 13.1. The summed E-state index contributed by atoms with van der Waals surface area (Å²) in [6, 6.07) is 5.88. The highest BCUT2D eigenvalue weighted by Gasteiger charge is 2.29. The quantitative estimate of drug-likeness (QED) is 0.872. The Hall–Kier alpha value is -1.42. The topological polar surface area (TPSA) is 32.3 Å². The molecule has 0 bridgehead atoms. The summed E-state index contributed by atoms with van der Waals surface area (Å²) in [4.78, 5) is 13.7. The van der Waals surface area contributed by atoms with Crippen molar-refractivity contribution in [2.75, 3.05) is 18.5 Å². The molecule has 0 fully saturated rings. The highest BCUT2D eigenvalue weighted by Crippen LogP contribution is 2.17. The van der Waals surface area contributed by atoms with Crippen molar-refractivity contribution in [2.24, 2.45) is 0 Å². The highest BCUT2D eigenvalue weighted by atomic mass is 19.1. The minimum Gasteiger partial charge on any atom is -0.314 e. The number of benzene rings is 1. The Bertz CT molecular complexity index is 387. The van der Waals surface area contributed by atoms with E-state index in [1.165, 1.54) is 17.0 Å². The number of nitrogens with zero attached hydrogens (tertiary/aromatic N) is 1. The van der Waals surface area contributed by atoms with Crippen molar-refractivity contribution in [2.45, 2.75) is 26.3 Å². The van der Waals surface area contributed by atoms with Gasteiger partial charge in [0.05, 0.1) is 5.54 Å². The third kappa shape index (κ3) is 3.27. The van der Waals surface area contributed by atoms with Gasteiger partial charge >= 0.3 is 0 Å². The number of hydrogen-bond donors (Lipinski definition) is 1. The fourth-order valence-corrected chi connectivity index (χ4v) is 1.72. The molecule has 0 aromatic heterocycles. The summed E-state index contributed by atoms with van der Waals surface area (Å²) in [5.41, 5.74) is 0.0557. The molecule has 1 rings (SSSR count). The van der Waals surface area contributed by atoms with Gasteiger partial charge in [-0.25, -0.2) is 4.39 Å². The second-order valence-corrected chi connectivity index (χ2v) is 4.50. The van der Waals surface area contributed by atoms with Crippen LogP contribution in [0.4, 0.5) is 10.1 Å². The predicted octanol–water partition coefficient (Wildman–Crippen LogP) is 2.18. The number of anilines is 1. The van der Waals surface area contributed by atoms with Crippen LogP contribution < -0.4 is 10.2 Å². The average molecular weight is 238 g/mol. The van der Waals surface area contributed by atoms with E-state index in [-0.39, 0.29) is 11.7 Å². The lowest BCUT2D eigenvalue weighted by atomic mass is 10.0. The molecule has 3 nitrogen and oxygen atoms in total. The molecule has 0 saturated heterocycles. The smallest absolute Gasteiger partial charge is 0.246 e. The van der Waals surface area contributed by atoms with Crippen LogP contribution in [0.25, 0.3) is 0 Å². The van der Waals surface area contributed by atoms with Crippen LogP contribution in [0.1, 0.15) is 20.8 Å². The van der Waals surface area contributed by atoms with Gasteiger partial charge in [-0.05, 0) is 44.7 Å². The maximum atomic E-state index is 12.8. The lowest BCUT2D eigenvalue weighted by molar-refractivity contribution is -0.123. The first-order chi connectivity index (χ1) is 7.88. The van der Waals surface area contributed by atoms with Gasteiger partial charge in [-0.3, -0.25) is 4.79 Å². The third-order valence-corrected chi connectivity index (χ3v) is 2.67. The molecule has 0 radical (unpaired) electrons. The zero-order valence-electron chi connectivity index (χ0n) is 10.7. The standard InChI is InChI=1S/C13H19FN2O/c1-5-15-13(2,3)12(17)16(4)11-8-6-10(14)7-9-11/h6-9,15H,5H2,1-4H3. The van der Waals surface area contributed by atoms with E-state index in [9.17, 15) is 9.18 Å². The molecular formula is C13H19FN2O. The third-order valence-electron chi connectivity index (χ3n) is 2.67. The lowest BCUT2D eigenvalue weighted by Gasteiger charge is -2.30. The molecule has 0 aliphatic rings. The number of carbonyl (C=O) groups excluding carboxylic acids is 1. The molecule has 0 aliphatic carbocycles. The first-order valence-electron chi connectivity index (χ1n) is 5.67. The molecule has 0 atom stereocenters. The van der Waals surface area contributed by atoms with Crippen molar-refractivity contribution < 1.29 is 9.18 Å². The first kappa shape index (κ1) is 13.6. The zero-order valence-corrected chi connectivity index (χ0v) is 10.7. The second kappa shape index (κ2) is 5.27. The Morgan fingerprint density at radius 2 is 1.88 bits per heavy atom. The van der Waals surface area contributed by atoms with E-state index in [1.54, 1.807) is 19.2 Å². The van der Waals surface area contributed by atoms with Gasteiger partial charge in [0.1, 0.15) is 5.82 Å². The summed E-state index contributed by atoms with van der Waals surface area (Å²) >= 11 is 0. The summed E-state index contributed by atoms with van der Waals surface area (Å²) in [5.74, 6) is -0.355. The van der Waals surface area contributed by atoms with Crippen molar-refractivity contribution in [3.8, 4) is 0 Å². The van der Waals surface area contributed by atoms with Crippen LogP contribution in [0.3, 0.4) is 0 Å². The lowest BCUT2D eigenvalue weighted by Crippen LogP contribution is -2.53. The van der Waals surface area contributed by atoms with Crippen molar-refractivity contribution in [1.29, 1.82) is 0 Å². The molecule has 4 heteroatoms. The number of rotatable bonds is 4. The fourth-order valence-electron chi connectivity index (χ4n) is 1.72. The molecule has 1 aromatic carbocycles. The van der Waals surface area contributed by atoms with E-state index in [0.717, 1.165) is 6.54 Å². The van der Waals surface area contributed by atoms with Crippen molar-refractivity contribution in [3.05, 3.63) is 30.1 Å². The normalized spacial score (nSPS) is 11.4. The molecule has 0 saturated carbocycles. The van der Waals surface area contributed by atoms with E-state index >= 15 is 0 Å². The van der Waals surface area contributed by atoms with Gasteiger partial charge < -0.3 is 10.2 Å².